The summed E-state index contributed by atoms with van der Waals surface area (Å²) in [5.41, 5.74) is 3.19. The fourth-order valence-corrected chi connectivity index (χ4v) is 2.92. The monoisotopic (exact) mass is 372 g/mol. The fraction of sp³-hybridized carbons (Fsp3) is 0.316. The van der Waals surface area contributed by atoms with Gasteiger partial charge >= 0.3 is 0 Å². The Bertz CT molecular complexity index is 1050. The summed E-state index contributed by atoms with van der Waals surface area (Å²) in [4.78, 5) is 27.9. The number of fused-ring (bicyclic) bond motifs is 1. The summed E-state index contributed by atoms with van der Waals surface area (Å²) in [5, 5.41) is 7.84. The molecule has 3 aromatic rings. The molecular weight excluding hydrogens is 352 g/mol. The van der Waals surface area contributed by atoms with Gasteiger partial charge in [0, 0.05) is 22.2 Å². The van der Waals surface area contributed by atoms with E-state index in [-0.39, 0.29) is 23.2 Å². The van der Waals surface area contributed by atoms with Gasteiger partial charge in [0.15, 0.2) is 5.69 Å². The molecule has 1 aromatic carbocycles. The number of halogens is 1. The molecule has 0 saturated heterocycles. The van der Waals surface area contributed by atoms with Crippen LogP contribution in [0.3, 0.4) is 0 Å². The summed E-state index contributed by atoms with van der Waals surface area (Å²) in [7, 11) is 0. The van der Waals surface area contributed by atoms with Crippen LogP contribution in [0.2, 0.25) is 5.02 Å². The second kappa shape index (κ2) is 6.96. The molecule has 2 N–H and O–H groups in total. The Hall–Kier alpha value is -2.60. The Balaban J connectivity index is 2.10. The molecule has 1 unspecified atom stereocenters. The highest BCUT2D eigenvalue weighted by atomic mass is 35.5. The molecule has 1 amide bonds. The van der Waals surface area contributed by atoms with Gasteiger partial charge in [0.1, 0.15) is 5.52 Å². The lowest BCUT2D eigenvalue weighted by Gasteiger charge is -2.09. The molecule has 2 heterocycles. The number of H-pyrrole nitrogens is 1. The maximum Gasteiger partial charge on any atom is 0.274 e. The van der Waals surface area contributed by atoms with E-state index in [1.807, 2.05) is 32.9 Å². The minimum atomic E-state index is -0.299. The normalized spacial score (nSPS) is 12.3. The lowest BCUT2D eigenvalue weighted by atomic mass is 10.1. The van der Waals surface area contributed by atoms with E-state index in [2.05, 4.69) is 15.4 Å². The van der Waals surface area contributed by atoms with Gasteiger partial charge in [-0.15, -0.1) is 0 Å². The van der Waals surface area contributed by atoms with Crippen LogP contribution in [0.25, 0.3) is 16.8 Å². The van der Waals surface area contributed by atoms with Crippen molar-refractivity contribution in [2.45, 2.75) is 40.2 Å². The Kier molecular flexibility index (Phi) is 4.87. The average molecular weight is 373 g/mol. The number of hydrogen-bond acceptors (Lipinski definition) is 3. The van der Waals surface area contributed by atoms with Crippen LogP contribution in [0.4, 0.5) is 0 Å². The van der Waals surface area contributed by atoms with Gasteiger partial charge < -0.3 is 10.3 Å². The Labute approximate surface area is 156 Å². The molecule has 0 spiro atoms. The summed E-state index contributed by atoms with van der Waals surface area (Å²) in [6.45, 7) is 7.56. The van der Waals surface area contributed by atoms with E-state index in [4.69, 9.17) is 11.6 Å². The second-order valence-electron chi connectivity index (χ2n) is 6.51. The molecule has 0 radical (unpaired) electrons. The van der Waals surface area contributed by atoms with Crippen LogP contribution < -0.4 is 10.9 Å². The topological polar surface area (TPSA) is 79.3 Å². The van der Waals surface area contributed by atoms with Gasteiger partial charge in [-0.25, -0.2) is 4.52 Å². The molecule has 0 bridgehead atoms. The Morgan fingerprint density at radius 1 is 1.38 bits per heavy atom. The maximum absolute atomic E-state index is 12.6. The number of nitrogens with zero attached hydrogens (tertiary/aromatic N) is 2. The Morgan fingerprint density at radius 3 is 2.77 bits per heavy atom. The molecule has 1 atom stereocenters. The lowest BCUT2D eigenvalue weighted by molar-refractivity contribution is 0.0933. The predicted molar refractivity (Wildman–Crippen MR) is 103 cm³/mol. The molecule has 0 aliphatic rings. The van der Waals surface area contributed by atoms with Crippen molar-refractivity contribution >= 4 is 23.0 Å². The van der Waals surface area contributed by atoms with Crippen molar-refractivity contribution in [2.75, 3.05) is 0 Å². The summed E-state index contributed by atoms with van der Waals surface area (Å²) >= 11 is 6.19. The van der Waals surface area contributed by atoms with E-state index in [9.17, 15) is 9.59 Å². The molecule has 0 fully saturated rings. The molecule has 0 aliphatic heterocycles. The lowest BCUT2D eigenvalue weighted by Crippen LogP contribution is -2.32. The first-order valence-electron chi connectivity index (χ1n) is 8.51. The smallest absolute Gasteiger partial charge is 0.274 e. The quantitative estimate of drug-likeness (QED) is 0.735. The van der Waals surface area contributed by atoms with Gasteiger partial charge in [0.2, 0.25) is 0 Å². The van der Waals surface area contributed by atoms with Crippen LogP contribution in [-0.2, 0) is 0 Å². The van der Waals surface area contributed by atoms with E-state index < -0.39 is 0 Å². The number of nitrogens with one attached hydrogen (secondary N) is 2. The zero-order chi connectivity index (χ0) is 19.0. The number of rotatable bonds is 4. The van der Waals surface area contributed by atoms with Crippen molar-refractivity contribution in [3.05, 3.63) is 56.6 Å². The van der Waals surface area contributed by atoms with Crippen molar-refractivity contribution in [1.82, 2.24) is 19.9 Å². The van der Waals surface area contributed by atoms with E-state index in [0.29, 0.717) is 21.8 Å². The van der Waals surface area contributed by atoms with Crippen molar-refractivity contribution in [3.63, 3.8) is 0 Å². The number of aromatic nitrogens is 3. The van der Waals surface area contributed by atoms with Crippen molar-refractivity contribution < 1.29 is 4.79 Å². The highest BCUT2D eigenvalue weighted by Crippen LogP contribution is 2.24. The van der Waals surface area contributed by atoms with Crippen LogP contribution in [-0.4, -0.2) is 26.5 Å². The number of aromatic amines is 1. The third-order valence-electron chi connectivity index (χ3n) is 4.55. The zero-order valence-electron chi connectivity index (χ0n) is 15.2. The first-order chi connectivity index (χ1) is 12.3. The number of carbonyl (C=O) groups is 1. The van der Waals surface area contributed by atoms with Crippen molar-refractivity contribution in [2.24, 2.45) is 0 Å². The highest BCUT2D eigenvalue weighted by Gasteiger charge is 2.20. The summed E-state index contributed by atoms with van der Waals surface area (Å²) in [5.74, 6) is -0.278. The van der Waals surface area contributed by atoms with E-state index in [1.165, 1.54) is 4.52 Å². The molecule has 136 valence electrons. The zero-order valence-corrected chi connectivity index (χ0v) is 15.9. The summed E-state index contributed by atoms with van der Waals surface area (Å²) < 4.78 is 1.46. The number of carbonyl (C=O) groups excluding carboxylic acids is 1. The van der Waals surface area contributed by atoms with Crippen molar-refractivity contribution in [1.29, 1.82) is 0 Å². The average Bonchev–Trinajstić information content (AvgIpc) is 2.94. The Morgan fingerprint density at radius 2 is 2.12 bits per heavy atom. The first kappa shape index (κ1) is 18.2. The van der Waals surface area contributed by atoms with Crippen molar-refractivity contribution in [3.8, 4) is 11.3 Å². The van der Waals surface area contributed by atoms with Crippen LogP contribution in [0, 0.1) is 13.8 Å². The third-order valence-corrected chi connectivity index (χ3v) is 4.96. The summed E-state index contributed by atoms with van der Waals surface area (Å²) in [6, 6.07) is 5.60. The van der Waals surface area contributed by atoms with Crippen LogP contribution in [0.1, 0.15) is 41.9 Å². The predicted octanol–water partition coefficient (Wildman–Crippen LogP) is 3.49. The molecular formula is C19H21ClN4O2. The van der Waals surface area contributed by atoms with E-state index in [1.54, 1.807) is 19.2 Å². The van der Waals surface area contributed by atoms with Crippen LogP contribution >= 0.6 is 11.6 Å². The van der Waals surface area contributed by atoms with Crippen LogP contribution in [0.15, 0.2) is 29.2 Å². The molecule has 2 aromatic heterocycles. The molecule has 26 heavy (non-hydrogen) atoms. The second-order valence-corrected chi connectivity index (χ2v) is 6.92. The number of hydrogen-bond donors (Lipinski definition) is 2. The number of aryl methyl sites for hydroxylation is 2. The molecule has 0 aliphatic carbocycles. The minimum Gasteiger partial charge on any atom is -0.348 e. The number of amides is 1. The van der Waals surface area contributed by atoms with Gasteiger partial charge in [-0.3, -0.25) is 9.59 Å². The standard InChI is InChI=1S/C19H21ClN4O2/c1-5-11(3)21-18(25)16-12(4)17-19(26)22-15(9-24(17)23-16)13-7-6-10(2)14(20)8-13/h6-9,11H,5H2,1-4H3,(H,21,25)(H,22,26). The maximum atomic E-state index is 12.6. The highest BCUT2D eigenvalue weighted by molar-refractivity contribution is 6.31. The van der Waals surface area contributed by atoms with E-state index >= 15 is 0 Å². The van der Waals surface area contributed by atoms with Gasteiger partial charge in [0.25, 0.3) is 11.5 Å². The molecule has 3 rings (SSSR count). The SMILES string of the molecule is CCC(C)NC(=O)c1nn2cc(-c3ccc(C)c(Cl)c3)[nH]c(=O)c2c1C. The van der Waals surface area contributed by atoms with Gasteiger partial charge in [0.05, 0.1) is 11.9 Å². The number of benzene rings is 1. The molecule has 7 heteroatoms. The first-order valence-corrected chi connectivity index (χ1v) is 8.89. The van der Waals surface area contributed by atoms with Crippen LogP contribution in [0.5, 0.6) is 0 Å². The minimum absolute atomic E-state index is 0.0373. The van der Waals surface area contributed by atoms with Gasteiger partial charge in [-0.05, 0) is 38.8 Å². The largest absolute Gasteiger partial charge is 0.348 e. The van der Waals surface area contributed by atoms with E-state index in [0.717, 1.165) is 17.5 Å². The summed E-state index contributed by atoms with van der Waals surface area (Å²) in [6.07, 6.45) is 2.52. The molecule has 0 saturated carbocycles. The van der Waals surface area contributed by atoms with Gasteiger partial charge in [-0.2, -0.15) is 5.10 Å². The fourth-order valence-electron chi connectivity index (χ4n) is 2.74. The third kappa shape index (κ3) is 3.24. The van der Waals surface area contributed by atoms with Gasteiger partial charge in [-0.1, -0.05) is 30.7 Å². The molecule has 6 nitrogen and oxygen atoms in total.